The molecule has 0 unspecified atom stereocenters. The van der Waals surface area contributed by atoms with Crippen molar-refractivity contribution in [3.05, 3.63) is 93.5 Å². The third-order valence-electron chi connectivity index (χ3n) is 4.33. The summed E-state index contributed by atoms with van der Waals surface area (Å²) in [4.78, 5) is 23.7. The third-order valence-corrected chi connectivity index (χ3v) is 4.85. The second kappa shape index (κ2) is 10.4. The first-order chi connectivity index (χ1) is 15.0. The Bertz CT molecular complexity index is 1110. The molecule has 3 N–H and O–H groups in total. The van der Waals surface area contributed by atoms with Crippen LogP contribution in [-0.4, -0.2) is 25.1 Å². The van der Waals surface area contributed by atoms with E-state index in [1.54, 1.807) is 67.8 Å². The lowest BCUT2D eigenvalue weighted by Gasteiger charge is -2.12. The minimum Gasteiger partial charge on any atom is -0.496 e. The smallest absolute Gasteiger partial charge is 0.271 e. The van der Waals surface area contributed by atoms with E-state index in [-0.39, 0.29) is 12.5 Å². The number of halogens is 1. The van der Waals surface area contributed by atoms with Gasteiger partial charge in [-0.2, -0.15) is 5.10 Å². The maximum absolute atomic E-state index is 12.1. The quantitative estimate of drug-likeness (QED) is 0.376. The van der Waals surface area contributed by atoms with Crippen LogP contribution < -0.4 is 20.6 Å². The highest BCUT2D eigenvalue weighted by Gasteiger charge is 2.11. The molecule has 0 radical (unpaired) electrons. The fourth-order valence-electron chi connectivity index (χ4n) is 2.77. The Kier molecular flexibility index (Phi) is 7.40. The van der Waals surface area contributed by atoms with Gasteiger partial charge in [-0.15, -0.1) is 0 Å². The van der Waals surface area contributed by atoms with Gasteiger partial charge in [-0.1, -0.05) is 28.1 Å². The van der Waals surface area contributed by atoms with E-state index in [4.69, 9.17) is 15.2 Å². The zero-order chi connectivity index (χ0) is 22.2. The highest BCUT2D eigenvalue weighted by molar-refractivity contribution is 9.10. The molecule has 0 aliphatic rings. The number of carbonyl (C=O) groups is 2. The molecule has 0 spiro atoms. The van der Waals surface area contributed by atoms with Crippen LogP contribution in [0, 0.1) is 0 Å². The fraction of sp³-hybridized carbons (Fsp3) is 0.0870. The van der Waals surface area contributed by atoms with E-state index in [0.717, 1.165) is 15.6 Å². The average molecular weight is 482 g/mol. The third kappa shape index (κ3) is 5.93. The van der Waals surface area contributed by atoms with Crippen molar-refractivity contribution in [2.45, 2.75) is 6.61 Å². The molecule has 0 aliphatic heterocycles. The lowest BCUT2D eigenvalue weighted by Crippen LogP contribution is -2.17. The molecular formula is C23H20BrN3O4. The molecule has 0 heterocycles. The minimum absolute atomic E-state index is 0.153. The fourth-order valence-corrected chi connectivity index (χ4v) is 3.04. The van der Waals surface area contributed by atoms with E-state index >= 15 is 0 Å². The first-order valence-corrected chi connectivity index (χ1v) is 10.0. The molecule has 0 aromatic heterocycles. The second-order valence-corrected chi connectivity index (χ2v) is 7.34. The van der Waals surface area contributed by atoms with Gasteiger partial charge in [0, 0.05) is 15.6 Å². The number of nitrogens with two attached hydrogens (primary N) is 1. The molecule has 0 aliphatic carbocycles. The van der Waals surface area contributed by atoms with E-state index < -0.39 is 5.91 Å². The molecule has 3 aromatic rings. The molecule has 158 valence electrons. The first-order valence-electron chi connectivity index (χ1n) is 9.25. The molecule has 8 heteroatoms. The number of carbonyl (C=O) groups excluding carboxylic acids is 2. The zero-order valence-corrected chi connectivity index (χ0v) is 18.3. The number of amides is 2. The van der Waals surface area contributed by atoms with Crippen molar-refractivity contribution < 1.29 is 19.1 Å². The van der Waals surface area contributed by atoms with Gasteiger partial charge in [0.25, 0.3) is 11.8 Å². The average Bonchev–Trinajstić information content (AvgIpc) is 2.78. The van der Waals surface area contributed by atoms with Gasteiger partial charge in [0.15, 0.2) is 0 Å². The first kappa shape index (κ1) is 22.0. The standard InChI is InChI=1S/C23H20BrN3O4/c1-30-20-11-6-15(13-26-27-23(29)16-7-9-18(24)10-8-16)12-17(20)14-31-21-5-3-2-4-19(21)22(25)28/h2-13H,14H2,1H3,(H2,25,28)(H,27,29)/b26-13-. The number of hydrogen-bond acceptors (Lipinski definition) is 5. The van der Waals surface area contributed by atoms with Crippen molar-refractivity contribution in [2.75, 3.05) is 7.11 Å². The summed E-state index contributed by atoms with van der Waals surface area (Å²) in [5.41, 5.74) is 10.2. The van der Waals surface area contributed by atoms with Crippen LogP contribution in [0.2, 0.25) is 0 Å². The molecule has 3 aromatic carbocycles. The van der Waals surface area contributed by atoms with E-state index in [9.17, 15) is 9.59 Å². The van der Waals surface area contributed by atoms with Gasteiger partial charge in [-0.3, -0.25) is 9.59 Å². The van der Waals surface area contributed by atoms with Crippen LogP contribution in [-0.2, 0) is 6.61 Å². The predicted octanol–water partition coefficient (Wildman–Crippen LogP) is 3.90. The maximum atomic E-state index is 12.1. The molecule has 0 fully saturated rings. The van der Waals surface area contributed by atoms with Gasteiger partial charge in [-0.25, -0.2) is 5.43 Å². The number of hydrogen-bond donors (Lipinski definition) is 2. The van der Waals surface area contributed by atoms with Crippen LogP contribution in [0.1, 0.15) is 31.8 Å². The van der Waals surface area contributed by atoms with Crippen molar-refractivity contribution in [3.63, 3.8) is 0 Å². The van der Waals surface area contributed by atoms with E-state index in [0.29, 0.717) is 22.6 Å². The monoisotopic (exact) mass is 481 g/mol. The Morgan fingerprint density at radius 1 is 1.06 bits per heavy atom. The van der Waals surface area contributed by atoms with Gasteiger partial charge >= 0.3 is 0 Å². The van der Waals surface area contributed by atoms with Crippen molar-refractivity contribution in [1.29, 1.82) is 0 Å². The molecular weight excluding hydrogens is 462 g/mol. The number of para-hydroxylation sites is 1. The van der Waals surface area contributed by atoms with E-state index in [1.807, 2.05) is 6.07 Å². The Balaban J connectivity index is 1.70. The number of benzene rings is 3. The lowest BCUT2D eigenvalue weighted by atomic mass is 10.1. The van der Waals surface area contributed by atoms with Crippen LogP contribution in [0.4, 0.5) is 0 Å². The number of nitrogens with zero attached hydrogens (tertiary/aromatic N) is 1. The topological polar surface area (TPSA) is 103 Å². The molecule has 2 amide bonds. The maximum Gasteiger partial charge on any atom is 0.271 e. The van der Waals surface area contributed by atoms with Crippen LogP contribution in [0.5, 0.6) is 11.5 Å². The highest BCUT2D eigenvalue weighted by atomic mass is 79.9. The van der Waals surface area contributed by atoms with Crippen molar-refractivity contribution >= 4 is 34.0 Å². The molecule has 0 saturated carbocycles. The Morgan fingerprint density at radius 3 is 2.52 bits per heavy atom. The SMILES string of the molecule is COc1ccc(/C=N\NC(=O)c2ccc(Br)cc2)cc1COc1ccccc1C(N)=O. The highest BCUT2D eigenvalue weighted by Crippen LogP contribution is 2.24. The number of hydrazone groups is 1. The summed E-state index contributed by atoms with van der Waals surface area (Å²) in [5.74, 6) is 0.124. The summed E-state index contributed by atoms with van der Waals surface area (Å²) >= 11 is 3.33. The largest absolute Gasteiger partial charge is 0.496 e. The lowest BCUT2D eigenvalue weighted by molar-refractivity contribution is 0.0953. The summed E-state index contributed by atoms with van der Waals surface area (Å²) in [6, 6.07) is 19.1. The van der Waals surface area contributed by atoms with E-state index in [1.165, 1.54) is 6.21 Å². The van der Waals surface area contributed by atoms with Gasteiger partial charge < -0.3 is 15.2 Å². The number of primary amides is 1. The summed E-state index contributed by atoms with van der Waals surface area (Å²) < 4.78 is 12.1. The Labute approximate surface area is 188 Å². The second-order valence-electron chi connectivity index (χ2n) is 6.43. The van der Waals surface area contributed by atoms with Crippen LogP contribution in [0.25, 0.3) is 0 Å². The number of rotatable bonds is 8. The Morgan fingerprint density at radius 2 is 1.81 bits per heavy atom. The number of nitrogens with one attached hydrogen (secondary N) is 1. The van der Waals surface area contributed by atoms with Crippen molar-refractivity contribution in [1.82, 2.24) is 5.43 Å². The summed E-state index contributed by atoms with van der Waals surface area (Å²) in [6.45, 7) is 0.153. The minimum atomic E-state index is -0.565. The van der Waals surface area contributed by atoms with Gasteiger partial charge in [-0.05, 0) is 60.2 Å². The molecule has 0 atom stereocenters. The predicted molar refractivity (Wildman–Crippen MR) is 121 cm³/mol. The summed E-state index contributed by atoms with van der Waals surface area (Å²) in [6.07, 6.45) is 1.52. The van der Waals surface area contributed by atoms with Gasteiger partial charge in [0.05, 0.1) is 18.9 Å². The Hall–Kier alpha value is -3.65. The van der Waals surface area contributed by atoms with Crippen LogP contribution in [0.3, 0.4) is 0 Å². The van der Waals surface area contributed by atoms with Crippen LogP contribution >= 0.6 is 15.9 Å². The number of ether oxygens (including phenoxy) is 2. The molecule has 3 rings (SSSR count). The van der Waals surface area contributed by atoms with Gasteiger partial charge in [0.2, 0.25) is 0 Å². The molecule has 0 saturated heterocycles. The summed E-state index contributed by atoms with van der Waals surface area (Å²) in [7, 11) is 1.56. The molecule has 31 heavy (non-hydrogen) atoms. The van der Waals surface area contributed by atoms with Crippen molar-refractivity contribution in [2.24, 2.45) is 10.8 Å². The van der Waals surface area contributed by atoms with E-state index in [2.05, 4.69) is 26.5 Å². The molecule has 7 nitrogen and oxygen atoms in total. The van der Waals surface area contributed by atoms with Crippen LogP contribution in [0.15, 0.2) is 76.3 Å². The number of methoxy groups -OCH3 is 1. The van der Waals surface area contributed by atoms with Gasteiger partial charge in [0.1, 0.15) is 18.1 Å². The zero-order valence-electron chi connectivity index (χ0n) is 16.7. The normalized spacial score (nSPS) is 10.6. The van der Waals surface area contributed by atoms with Crippen molar-refractivity contribution in [3.8, 4) is 11.5 Å². The molecule has 0 bridgehead atoms. The summed E-state index contributed by atoms with van der Waals surface area (Å²) in [5, 5.41) is 4.01.